The van der Waals surface area contributed by atoms with Crippen LogP contribution >= 0.6 is 0 Å². The van der Waals surface area contributed by atoms with Crippen molar-refractivity contribution in [2.45, 2.75) is 96.8 Å². The van der Waals surface area contributed by atoms with Crippen molar-refractivity contribution in [1.29, 1.82) is 0 Å². The topological polar surface area (TPSA) is 0 Å². The normalized spacial score (nSPS) is 11.3. The quantitative estimate of drug-likeness (QED) is 0.326. The van der Waals surface area contributed by atoms with Crippen LogP contribution in [0.3, 0.4) is 0 Å². The van der Waals surface area contributed by atoms with Crippen molar-refractivity contribution >= 4 is 18.4 Å². The van der Waals surface area contributed by atoms with E-state index in [1.807, 2.05) is 0 Å². The van der Waals surface area contributed by atoms with E-state index in [2.05, 4.69) is 27.7 Å². The van der Waals surface area contributed by atoms with Crippen molar-refractivity contribution in [3.63, 3.8) is 0 Å². The van der Waals surface area contributed by atoms with Crippen LogP contribution in [-0.4, -0.2) is 18.4 Å². The van der Waals surface area contributed by atoms with Gasteiger partial charge in [-0.15, -0.1) is 0 Å². The summed E-state index contributed by atoms with van der Waals surface area (Å²) in [6.45, 7) is 9.48. The Balaban J connectivity index is 0. The van der Waals surface area contributed by atoms with E-state index in [-0.39, 0.29) is 21.7 Å². The second kappa shape index (κ2) is 14.9. The molecule has 0 aliphatic rings. The van der Waals surface area contributed by atoms with E-state index >= 15 is 0 Å². The van der Waals surface area contributed by atoms with E-state index in [0.29, 0.717) is 0 Å². The van der Waals surface area contributed by atoms with Crippen LogP contribution in [0.2, 0.25) is 17.7 Å². The molecule has 0 fully saturated rings. The molecule has 2 heteroatoms. The molecule has 0 nitrogen and oxygen atoms in total. The first-order valence-electron chi connectivity index (χ1n) is 8.24. The average Bonchev–Trinajstić information content (AvgIpc) is 2.37. The molecule has 108 valence electrons. The fourth-order valence-corrected chi connectivity index (χ4v) is 19.8. The summed E-state index contributed by atoms with van der Waals surface area (Å²) < 4.78 is 6.80. The SMILES string of the molecule is CCC[CH2][Sn]([CH2]CCC)([CH2]CCC)[CH2]CCC.[Ti]. The molecule has 0 N–H and O–H groups in total. The Morgan fingerprint density at radius 2 is 0.722 bits per heavy atom. The zero-order valence-electron chi connectivity index (χ0n) is 13.5. The van der Waals surface area contributed by atoms with Crippen LogP contribution in [0, 0.1) is 0 Å². The van der Waals surface area contributed by atoms with Gasteiger partial charge in [0.25, 0.3) is 0 Å². The van der Waals surface area contributed by atoms with Crippen LogP contribution in [0.4, 0.5) is 0 Å². The van der Waals surface area contributed by atoms with Crippen LogP contribution in [-0.2, 0) is 21.7 Å². The third kappa shape index (κ3) is 10.3. The van der Waals surface area contributed by atoms with Gasteiger partial charge in [0.15, 0.2) is 0 Å². The first kappa shape index (κ1) is 21.8. The molecule has 0 aromatic carbocycles. The van der Waals surface area contributed by atoms with E-state index in [4.69, 9.17) is 0 Å². The molecule has 0 aromatic heterocycles. The summed E-state index contributed by atoms with van der Waals surface area (Å²) >= 11 is -1.69. The van der Waals surface area contributed by atoms with Gasteiger partial charge in [0, 0.05) is 21.7 Å². The van der Waals surface area contributed by atoms with Crippen LogP contribution < -0.4 is 0 Å². The molecular weight excluding hydrogens is 359 g/mol. The largest absolute Gasteiger partial charge is 0 e. The predicted molar refractivity (Wildman–Crippen MR) is 84.6 cm³/mol. The Bertz CT molecular complexity index is 122. The van der Waals surface area contributed by atoms with Crippen molar-refractivity contribution in [3.05, 3.63) is 0 Å². The first-order valence-corrected chi connectivity index (χ1v) is 16.3. The van der Waals surface area contributed by atoms with Crippen LogP contribution in [0.1, 0.15) is 79.1 Å². The summed E-state index contributed by atoms with van der Waals surface area (Å²) in [5.74, 6) is 0. The van der Waals surface area contributed by atoms with Crippen LogP contribution in [0.25, 0.3) is 0 Å². The number of hydrogen-bond acceptors (Lipinski definition) is 0. The molecular formula is C16H36SnTi. The van der Waals surface area contributed by atoms with Gasteiger partial charge in [0.05, 0.1) is 0 Å². The van der Waals surface area contributed by atoms with Gasteiger partial charge in [-0.05, 0) is 0 Å². The molecule has 0 rings (SSSR count). The summed E-state index contributed by atoms with van der Waals surface area (Å²) in [5, 5.41) is 0. The summed E-state index contributed by atoms with van der Waals surface area (Å²) in [4.78, 5) is 0. The minimum atomic E-state index is -1.69. The third-order valence-electron chi connectivity index (χ3n) is 4.24. The molecule has 0 spiro atoms. The Labute approximate surface area is 136 Å². The maximum absolute atomic E-state index is 2.37. The van der Waals surface area contributed by atoms with Crippen molar-refractivity contribution in [2.75, 3.05) is 0 Å². The fraction of sp³-hybridized carbons (Fsp3) is 1.00. The number of rotatable bonds is 12. The average molecular weight is 395 g/mol. The molecule has 0 aliphatic heterocycles. The fourth-order valence-electron chi connectivity index (χ4n) is 2.96. The second-order valence-corrected chi connectivity index (χ2v) is 20.2. The van der Waals surface area contributed by atoms with Gasteiger partial charge in [0.2, 0.25) is 0 Å². The molecule has 0 amide bonds. The summed E-state index contributed by atoms with van der Waals surface area (Å²) in [6.07, 6.45) is 11.8. The molecule has 0 aromatic rings. The summed E-state index contributed by atoms with van der Waals surface area (Å²) in [5.41, 5.74) is 0. The van der Waals surface area contributed by atoms with Gasteiger partial charge in [-0.3, -0.25) is 0 Å². The van der Waals surface area contributed by atoms with Crippen molar-refractivity contribution in [3.8, 4) is 0 Å². The molecule has 18 heavy (non-hydrogen) atoms. The minimum Gasteiger partial charge on any atom is 0 e. The molecule has 0 unspecified atom stereocenters. The van der Waals surface area contributed by atoms with Gasteiger partial charge in [-0.2, -0.15) is 0 Å². The predicted octanol–water partition coefficient (Wildman–Crippen LogP) is 6.63. The van der Waals surface area contributed by atoms with Gasteiger partial charge < -0.3 is 0 Å². The van der Waals surface area contributed by atoms with Crippen LogP contribution in [0.15, 0.2) is 0 Å². The second-order valence-electron chi connectivity index (χ2n) is 5.91. The zero-order chi connectivity index (χ0) is 13.0. The smallest absolute Gasteiger partial charge is 0 e. The van der Waals surface area contributed by atoms with E-state index in [0.717, 1.165) is 0 Å². The van der Waals surface area contributed by atoms with E-state index in [1.54, 1.807) is 17.7 Å². The number of unbranched alkanes of at least 4 members (excludes halogenated alkanes) is 4. The maximum atomic E-state index is 2.37. The van der Waals surface area contributed by atoms with Crippen molar-refractivity contribution < 1.29 is 21.7 Å². The van der Waals surface area contributed by atoms with Crippen molar-refractivity contribution in [1.82, 2.24) is 0 Å². The summed E-state index contributed by atoms with van der Waals surface area (Å²) in [7, 11) is 0. The monoisotopic (exact) mass is 396 g/mol. The molecule has 0 radical (unpaired) electrons. The standard InChI is InChI=1S/4C4H9.Sn.Ti/c4*1-3-4-2;;/h4*1,3-4H2,2H3;;. The third-order valence-corrected chi connectivity index (χ3v) is 20.4. The minimum absolute atomic E-state index is 0. The van der Waals surface area contributed by atoms with Gasteiger partial charge in [-0.1, -0.05) is 0 Å². The van der Waals surface area contributed by atoms with E-state index in [1.165, 1.54) is 51.4 Å². The van der Waals surface area contributed by atoms with Gasteiger partial charge in [-0.25, -0.2) is 0 Å². The molecule has 0 heterocycles. The van der Waals surface area contributed by atoms with Crippen LogP contribution in [0.5, 0.6) is 0 Å². The summed E-state index contributed by atoms with van der Waals surface area (Å²) in [6, 6.07) is 0. The molecule has 0 atom stereocenters. The Morgan fingerprint density at radius 3 is 0.889 bits per heavy atom. The molecule has 0 saturated heterocycles. The molecule has 0 aliphatic carbocycles. The van der Waals surface area contributed by atoms with Gasteiger partial charge in [0.1, 0.15) is 0 Å². The zero-order valence-corrected chi connectivity index (χ0v) is 17.9. The van der Waals surface area contributed by atoms with Crippen molar-refractivity contribution in [2.24, 2.45) is 0 Å². The van der Waals surface area contributed by atoms with Gasteiger partial charge >= 0.3 is 115 Å². The first-order chi connectivity index (χ1) is 8.24. The molecule has 0 bridgehead atoms. The Kier molecular flexibility index (Phi) is 18.1. The number of hydrogen-bond donors (Lipinski definition) is 0. The van der Waals surface area contributed by atoms with E-state index < -0.39 is 18.4 Å². The maximum Gasteiger partial charge on any atom is 0 e. The van der Waals surface area contributed by atoms with E-state index in [9.17, 15) is 0 Å². The Morgan fingerprint density at radius 1 is 0.500 bits per heavy atom. The Hall–Kier alpha value is 1.51. The molecule has 0 saturated carbocycles.